The third kappa shape index (κ3) is 5.60. The molecule has 118 valence electrons. The van der Waals surface area contributed by atoms with Crippen LogP contribution in [0.5, 0.6) is 5.75 Å². The van der Waals surface area contributed by atoms with Crippen LogP contribution in [0.1, 0.15) is 23.2 Å². The summed E-state index contributed by atoms with van der Waals surface area (Å²) < 4.78 is 63.5. The maximum absolute atomic E-state index is 12.0. The van der Waals surface area contributed by atoms with E-state index in [1.54, 1.807) is 0 Å². The zero-order valence-corrected chi connectivity index (χ0v) is 11.4. The molecule has 0 amide bonds. The molecule has 21 heavy (non-hydrogen) atoms. The minimum atomic E-state index is -4.33. The van der Waals surface area contributed by atoms with Crippen molar-refractivity contribution >= 4 is 16.0 Å². The second-order valence-corrected chi connectivity index (χ2v) is 5.61. The van der Waals surface area contributed by atoms with E-state index in [1.807, 2.05) is 0 Å². The Morgan fingerprint density at radius 1 is 1.33 bits per heavy atom. The van der Waals surface area contributed by atoms with Crippen LogP contribution in [0.4, 0.5) is 13.2 Å². The van der Waals surface area contributed by atoms with Crippen LogP contribution >= 0.6 is 0 Å². The minimum absolute atomic E-state index is 0.287. The van der Waals surface area contributed by atoms with Gasteiger partial charge in [-0.15, -0.1) is 0 Å². The molecule has 0 aliphatic carbocycles. The lowest BCUT2D eigenvalue weighted by atomic mass is 10.2. The van der Waals surface area contributed by atoms with Crippen molar-refractivity contribution in [3.05, 3.63) is 23.8 Å². The normalized spacial score (nSPS) is 12.2. The Morgan fingerprint density at radius 3 is 2.43 bits per heavy atom. The molecule has 1 rings (SSSR count). The Bertz CT molecular complexity index is 627. The molecule has 1 aromatic carbocycles. The van der Waals surface area contributed by atoms with Crippen LogP contribution in [-0.4, -0.2) is 32.3 Å². The van der Waals surface area contributed by atoms with Gasteiger partial charge in [0.1, 0.15) is 10.6 Å². The van der Waals surface area contributed by atoms with Crippen molar-refractivity contribution in [2.75, 3.05) is 6.61 Å². The first kappa shape index (κ1) is 17.2. The Hall–Kier alpha value is -1.81. The number of sulfonamides is 1. The summed E-state index contributed by atoms with van der Waals surface area (Å²) in [5.41, 5.74) is -0.332. The zero-order chi connectivity index (χ0) is 16.3. The van der Waals surface area contributed by atoms with Gasteiger partial charge >= 0.3 is 12.1 Å². The molecule has 0 radical (unpaired) electrons. The van der Waals surface area contributed by atoms with Gasteiger partial charge in [-0.3, -0.25) is 0 Å². The number of ether oxygens (including phenoxy) is 1. The highest BCUT2D eigenvalue weighted by Gasteiger charge is 2.26. The van der Waals surface area contributed by atoms with Gasteiger partial charge in [0.05, 0.1) is 12.2 Å². The highest BCUT2D eigenvalue weighted by atomic mass is 32.2. The molecule has 3 N–H and O–H groups in total. The van der Waals surface area contributed by atoms with Crippen molar-refractivity contribution in [1.29, 1.82) is 0 Å². The maximum atomic E-state index is 12.0. The number of aromatic carboxylic acids is 1. The van der Waals surface area contributed by atoms with E-state index >= 15 is 0 Å². The summed E-state index contributed by atoms with van der Waals surface area (Å²) in [6.45, 7) is -0.381. The predicted octanol–water partition coefficient (Wildman–Crippen LogP) is 1.75. The van der Waals surface area contributed by atoms with Crippen LogP contribution in [0.25, 0.3) is 0 Å². The highest BCUT2D eigenvalue weighted by molar-refractivity contribution is 7.89. The summed E-state index contributed by atoms with van der Waals surface area (Å²) in [4.78, 5) is 10.2. The van der Waals surface area contributed by atoms with Gasteiger partial charge in [-0.05, 0) is 24.6 Å². The van der Waals surface area contributed by atoms with Crippen LogP contribution < -0.4 is 9.88 Å². The number of halogens is 3. The van der Waals surface area contributed by atoms with Crippen LogP contribution in [0.2, 0.25) is 0 Å². The number of alkyl halides is 3. The molecule has 0 fully saturated rings. The zero-order valence-electron chi connectivity index (χ0n) is 10.6. The van der Waals surface area contributed by atoms with Crippen LogP contribution in [-0.2, 0) is 10.0 Å². The fourth-order valence-corrected chi connectivity index (χ4v) is 2.14. The molecular weight excluding hydrogens is 315 g/mol. The molecule has 0 bridgehead atoms. The van der Waals surface area contributed by atoms with Gasteiger partial charge in [0, 0.05) is 6.42 Å². The molecule has 0 unspecified atom stereocenters. The van der Waals surface area contributed by atoms with E-state index < -0.39 is 33.5 Å². The monoisotopic (exact) mass is 327 g/mol. The first-order valence-corrected chi connectivity index (χ1v) is 7.15. The molecule has 0 aromatic heterocycles. The molecule has 1 aromatic rings. The van der Waals surface area contributed by atoms with Crippen LogP contribution in [0.3, 0.4) is 0 Å². The lowest BCUT2D eigenvalue weighted by molar-refractivity contribution is -0.136. The minimum Gasteiger partial charge on any atom is -0.492 e. The number of primary sulfonamides is 1. The fraction of sp³-hybridized carbons (Fsp3) is 0.364. The molecular formula is C11H12F3NO5S. The molecule has 0 saturated heterocycles. The Morgan fingerprint density at radius 2 is 1.95 bits per heavy atom. The summed E-state index contributed by atoms with van der Waals surface area (Å²) in [5.74, 6) is -1.66. The van der Waals surface area contributed by atoms with Gasteiger partial charge in [0.2, 0.25) is 10.0 Å². The van der Waals surface area contributed by atoms with E-state index in [9.17, 15) is 26.4 Å². The molecule has 0 heterocycles. The summed E-state index contributed by atoms with van der Waals surface area (Å²) >= 11 is 0. The summed E-state index contributed by atoms with van der Waals surface area (Å²) in [6, 6.07) is 2.89. The summed E-state index contributed by atoms with van der Waals surface area (Å²) in [6.07, 6.45) is -5.78. The van der Waals surface area contributed by atoms with Crippen molar-refractivity contribution in [3.8, 4) is 5.75 Å². The van der Waals surface area contributed by atoms with E-state index in [-0.39, 0.29) is 24.3 Å². The average molecular weight is 327 g/mol. The molecule has 0 aliphatic heterocycles. The largest absolute Gasteiger partial charge is 0.492 e. The van der Waals surface area contributed by atoms with E-state index in [0.29, 0.717) is 0 Å². The summed E-state index contributed by atoms with van der Waals surface area (Å²) in [7, 11) is -4.27. The van der Waals surface area contributed by atoms with E-state index in [4.69, 9.17) is 15.0 Å². The molecule has 0 saturated carbocycles. The van der Waals surface area contributed by atoms with Gasteiger partial charge in [0.25, 0.3) is 0 Å². The van der Waals surface area contributed by atoms with Gasteiger partial charge in [-0.25, -0.2) is 18.4 Å². The second-order valence-electron chi connectivity index (χ2n) is 4.08. The van der Waals surface area contributed by atoms with Crippen LogP contribution in [0, 0.1) is 0 Å². The van der Waals surface area contributed by atoms with Crippen molar-refractivity contribution in [2.45, 2.75) is 23.9 Å². The van der Waals surface area contributed by atoms with Crippen molar-refractivity contribution in [1.82, 2.24) is 0 Å². The Kier molecular flexibility index (Phi) is 5.18. The second kappa shape index (κ2) is 6.31. The number of carboxylic acids is 1. The van der Waals surface area contributed by atoms with E-state index in [1.165, 1.54) is 0 Å². The lowest BCUT2D eigenvalue weighted by Gasteiger charge is -2.11. The standard InChI is InChI=1S/C11H12F3NO5S/c12-11(13,14)4-1-5-20-8-3-2-7(10(16)17)6-9(8)21(15,18)19/h2-3,6H,1,4-5H2,(H,16,17)(H2,15,18,19). The van der Waals surface area contributed by atoms with Gasteiger partial charge < -0.3 is 9.84 Å². The van der Waals surface area contributed by atoms with Crippen molar-refractivity contribution in [2.24, 2.45) is 5.14 Å². The quantitative estimate of drug-likeness (QED) is 0.774. The molecule has 0 aliphatic rings. The first-order valence-electron chi connectivity index (χ1n) is 5.60. The third-order valence-corrected chi connectivity index (χ3v) is 3.29. The summed E-state index contributed by atoms with van der Waals surface area (Å²) in [5, 5.41) is 13.7. The van der Waals surface area contributed by atoms with Crippen molar-refractivity contribution < 1.29 is 36.2 Å². The Balaban J connectivity index is 2.89. The molecule has 0 atom stereocenters. The van der Waals surface area contributed by atoms with Gasteiger partial charge in [-0.1, -0.05) is 0 Å². The number of nitrogens with two attached hydrogens (primary N) is 1. The number of carboxylic acid groups (broad SMARTS) is 1. The number of hydrogen-bond donors (Lipinski definition) is 2. The van der Waals surface area contributed by atoms with Crippen LogP contribution in [0.15, 0.2) is 23.1 Å². The predicted molar refractivity (Wildman–Crippen MR) is 65.6 cm³/mol. The van der Waals surface area contributed by atoms with E-state index in [0.717, 1.165) is 18.2 Å². The third-order valence-electron chi connectivity index (χ3n) is 2.36. The first-order chi connectivity index (χ1) is 9.50. The topological polar surface area (TPSA) is 107 Å². The smallest absolute Gasteiger partial charge is 0.389 e. The highest BCUT2D eigenvalue weighted by Crippen LogP contribution is 2.26. The number of hydrogen-bond acceptors (Lipinski definition) is 4. The van der Waals surface area contributed by atoms with Gasteiger partial charge in [-0.2, -0.15) is 13.2 Å². The molecule has 10 heteroatoms. The SMILES string of the molecule is NS(=O)(=O)c1cc(C(=O)O)ccc1OCCCC(F)(F)F. The average Bonchev–Trinajstić information content (AvgIpc) is 2.32. The molecule has 6 nitrogen and oxygen atoms in total. The van der Waals surface area contributed by atoms with Crippen molar-refractivity contribution in [3.63, 3.8) is 0 Å². The number of carbonyl (C=O) groups is 1. The number of benzene rings is 1. The van der Waals surface area contributed by atoms with Gasteiger partial charge in [0.15, 0.2) is 0 Å². The maximum Gasteiger partial charge on any atom is 0.389 e. The van der Waals surface area contributed by atoms with E-state index in [2.05, 4.69) is 0 Å². The number of rotatable bonds is 6. The molecule has 0 spiro atoms. The lowest BCUT2D eigenvalue weighted by Crippen LogP contribution is -2.16. The Labute approximate surface area is 118 Å². The fourth-order valence-electron chi connectivity index (χ4n) is 1.44.